The van der Waals surface area contributed by atoms with E-state index in [0.717, 1.165) is 21.9 Å². The SMILES string of the molecule is Cn1cc(C2CN(C(=O)CN3C(=O)NC(C)(C)C3=O)Cc3[nH]cnc32)cn1. The standard InChI is InChI=1S/C17H21N7O3/c1-17(2)15(26)24(16(27)21-17)8-13(25)23-6-11(10-4-20-22(3)5-10)14-12(7-23)18-9-19-14/h4-5,9,11H,6-8H2,1-3H3,(H,18,19)(H,21,27). The van der Waals surface area contributed by atoms with Gasteiger partial charge in [-0.3, -0.25) is 19.2 Å². The Kier molecular flexibility index (Phi) is 3.79. The zero-order valence-corrected chi connectivity index (χ0v) is 15.4. The number of hydrogen-bond donors (Lipinski definition) is 2. The molecular weight excluding hydrogens is 350 g/mol. The van der Waals surface area contributed by atoms with Crippen LogP contribution in [-0.4, -0.2) is 66.0 Å². The summed E-state index contributed by atoms with van der Waals surface area (Å²) in [6.45, 7) is 3.73. The van der Waals surface area contributed by atoms with Gasteiger partial charge in [-0.25, -0.2) is 9.78 Å². The number of hydrogen-bond acceptors (Lipinski definition) is 5. The summed E-state index contributed by atoms with van der Waals surface area (Å²) in [4.78, 5) is 47.4. The Balaban J connectivity index is 1.55. The molecule has 0 saturated carbocycles. The molecule has 2 N–H and O–H groups in total. The van der Waals surface area contributed by atoms with E-state index in [1.54, 1.807) is 36.0 Å². The van der Waals surface area contributed by atoms with E-state index < -0.39 is 17.5 Å². The number of nitrogens with one attached hydrogen (secondary N) is 2. The maximum atomic E-state index is 12.9. The van der Waals surface area contributed by atoms with Crippen molar-refractivity contribution >= 4 is 17.8 Å². The van der Waals surface area contributed by atoms with Gasteiger partial charge in [-0.05, 0) is 13.8 Å². The lowest BCUT2D eigenvalue weighted by Crippen LogP contribution is -2.46. The van der Waals surface area contributed by atoms with Gasteiger partial charge in [-0.15, -0.1) is 0 Å². The Bertz CT molecular complexity index is 929. The lowest BCUT2D eigenvalue weighted by Gasteiger charge is -2.32. The zero-order chi connectivity index (χ0) is 19.3. The van der Waals surface area contributed by atoms with E-state index in [2.05, 4.69) is 20.4 Å². The Morgan fingerprint density at radius 2 is 2.15 bits per heavy atom. The summed E-state index contributed by atoms with van der Waals surface area (Å²) < 4.78 is 1.71. The zero-order valence-electron chi connectivity index (χ0n) is 15.4. The van der Waals surface area contributed by atoms with Crippen LogP contribution in [-0.2, 0) is 23.2 Å². The van der Waals surface area contributed by atoms with E-state index >= 15 is 0 Å². The predicted octanol–water partition coefficient (Wildman–Crippen LogP) is -0.0523. The molecule has 1 unspecified atom stereocenters. The highest BCUT2D eigenvalue weighted by Crippen LogP contribution is 2.31. The lowest BCUT2D eigenvalue weighted by atomic mass is 9.93. The first-order valence-electron chi connectivity index (χ1n) is 8.69. The van der Waals surface area contributed by atoms with Crippen LogP contribution in [0.15, 0.2) is 18.7 Å². The van der Waals surface area contributed by atoms with Crippen LogP contribution in [0, 0.1) is 0 Å². The van der Waals surface area contributed by atoms with Crippen molar-refractivity contribution in [2.45, 2.75) is 31.8 Å². The molecule has 0 radical (unpaired) electrons. The molecule has 0 bridgehead atoms. The van der Waals surface area contributed by atoms with E-state index in [1.165, 1.54) is 0 Å². The number of imidazole rings is 1. The minimum Gasteiger partial charge on any atom is -0.347 e. The number of imide groups is 1. The number of H-pyrrole nitrogens is 1. The average molecular weight is 371 g/mol. The number of rotatable bonds is 3. The number of carbonyl (C=O) groups is 3. The Morgan fingerprint density at radius 3 is 2.78 bits per heavy atom. The maximum Gasteiger partial charge on any atom is 0.325 e. The van der Waals surface area contributed by atoms with E-state index in [-0.39, 0.29) is 18.4 Å². The third kappa shape index (κ3) is 2.86. The van der Waals surface area contributed by atoms with Crippen LogP contribution in [0.1, 0.15) is 36.7 Å². The number of carbonyl (C=O) groups excluding carboxylic acids is 3. The second kappa shape index (κ2) is 5.93. The van der Waals surface area contributed by atoms with Crippen LogP contribution in [0.2, 0.25) is 0 Å². The number of fused-ring (bicyclic) bond motifs is 1. The lowest BCUT2D eigenvalue weighted by molar-refractivity contribution is -0.139. The molecule has 2 aliphatic rings. The molecule has 10 nitrogen and oxygen atoms in total. The third-order valence-electron chi connectivity index (χ3n) is 5.05. The van der Waals surface area contributed by atoms with E-state index in [9.17, 15) is 14.4 Å². The molecule has 2 aromatic heterocycles. The van der Waals surface area contributed by atoms with Gasteiger partial charge in [-0.2, -0.15) is 5.10 Å². The smallest absolute Gasteiger partial charge is 0.325 e. The molecule has 1 saturated heterocycles. The molecule has 4 heterocycles. The summed E-state index contributed by atoms with van der Waals surface area (Å²) in [5, 5.41) is 6.80. The van der Waals surface area contributed by atoms with Gasteiger partial charge in [0.15, 0.2) is 0 Å². The summed E-state index contributed by atoms with van der Waals surface area (Å²) in [5.41, 5.74) is 1.71. The topological polar surface area (TPSA) is 116 Å². The molecule has 4 amide bonds. The van der Waals surface area contributed by atoms with Crippen molar-refractivity contribution in [3.05, 3.63) is 35.7 Å². The Hall–Kier alpha value is -3.17. The van der Waals surface area contributed by atoms with Gasteiger partial charge in [0.05, 0.1) is 30.5 Å². The van der Waals surface area contributed by atoms with Gasteiger partial charge in [-0.1, -0.05) is 0 Å². The minimum atomic E-state index is -0.992. The summed E-state index contributed by atoms with van der Waals surface area (Å²) in [5.74, 6) is -0.800. The van der Waals surface area contributed by atoms with E-state index in [4.69, 9.17) is 0 Å². The number of aromatic amines is 1. The van der Waals surface area contributed by atoms with Gasteiger partial charge in [0, 0.05) is 31.3 Å². The molecule has 142 valence electrons. The van der Waals surface area contributed by atoms with Crippen molar-refractivity contribution in [3.8, 4) is 0 Å². The number of urea groups is 1. The number of nitrogens with zero attached hydrogens (tertiary/aromatic N) is 5. The van der Waals surface area contributed by atoms with Crippen molar-refractivity contribution < 1.29 is 14.4 Å². The van der Waals surface area contributed by atoms with Gasteiger partial charge in [0.25, 0.3) is 5.91 Å². The van der Waals surface area contributed by atoms with Crippen LogP contribution in [0.5, 0.6) is 0 Å². The van der Waals surface area contributed by atoms with Crippen LogP contribution in [0.25, 0.3) is 0 Å². The predicted molar refractivity (Wildman–Crippen MR) is 93.4 cm³/mol. The highest BCUT2D eigenvalue weighted by atomic mass is 16.2. The summed E-state index contributed by atoms with van der Waals surface area (Å²) in [6, 6.07) is -0.540. The second-order valence-electron chi connectivity index (χ2n) is 7.49. The fourth-order valence-corrected chi connectivity index (χ4v) is 3.59. The van der Waals surface area contributed by atoms with Crippen molar-refractivity contribution in [1.29, 1.82) is 0 Å². The second-order valence-corrected chi connectivity index (χ2v) is 7.49. The Labute approximate surface area is 155 Å². The molecule has 0 spiro atoms. The van der Waals surface area contributed by atoms with Crippen LogP contribution < -0.4 is 5.32 Å². The monoisotopic (exact) mass is 371 g/mol. The van der Waals surface area contributed by atoms with Crippen LogP contribution in [0.3, 0.4) is 0 Å². The van der Waals surface area contributed by atoms with Crippen LogP contribution in [0.4, 0.5) is 4.79 Å². The molecule has 4 rings (SSSR count). The van der Waals surface area contributed by atoms with Crippen molar-refractivity contribution in [2.75, 3.05) is 13.1 Å². The summed E-state index contributed by atoms with van der Waals surface area (Å²) in [7, 11) is 1.83. The van der Waals surface area contributed by atoms with Gasteiger partial charge in [0.2, 0.25) is 5.91 Å². The van der Waals surface area contributed by atoms with Crippen molar-refractivity contribution in [3.63, 3.8) is 0 Å². The van der Waals surface area contributed by atoms with E-state index in [0.29, 0.717) is 13.1 Å². The van der Waals surface area contributed by atoms with Gasteiger partial charge in [0.1, 0.15) is 12.1 Å². The van der Waals surface area contributed by atoms with Gasteiger partial charge < -0.3 is 15.2 Å². The number of amides is 4. The normalized spacial score (nSPS) is 21.4. The first-order chi connectivity index (χ1) is 12.8. The molecule has 0 aliphatic carbocycles. The molecule has 1 atom stereocenters. The summed E-state index contributed by atoms with van der Waals surface area (Å²) >= 11 is 0. The highest BCUT2D eigenvalue weighted by molar-refractivity contribution is 6.08. The fourth-order valence-electron chi connectivity index (χ4n) is 3.59. The molecule has 2 aromatic rings. The largest absolute Gasteiger partial charge is 0.347 e. The van der Waals surface area contributed by atoms with Crippen molar-refractivity contribution in [2.24, 2.45) is 7.05 Å². The van der Waals surface area contributed by atoms with Crippen LogP contribution >= 0.6 is 0 Å². The Morgan fingerprint density at radius 1 is 1.37 bits per heavy atom. The first kappa shape index (κ1) is 17.3. The molecule has 10 heteroatoms. The molecular formula is C17H21N7O3. The van der Waals surface area contributed by atoms with Crippen molar-refractivity contribution in [1.82, 2.24) is 34.9 Å². The minimum absolute atomic E-state index is 0.114. The maximum absolute atomic E-state index is 12.9. The molecule has 27 heavy (non-hydrogen) atoms. The molecule has 2 aliphatic heterocycles. The summed E-state index contributed by atoms with van der Waals surface area (Å²) in [6.07, 6.45) is 5.27. The molecule has 1 fully saturated rings. The highest BCUT2D eigenvalue weighted by Gasteiger charge is 2.45. The fraction of sp³-hybridized carbons (Fsp3) is 0.471. The number of aromatic nitrogens is 4. The number of aryl methyl sites for hydroxylation is 1. The first-order valence-corrected chi connectivity index (χ1v) is 8.69. The average Bonchev–Trinajstić information content (AvgIpc) is 3.29. The quantitative estimate of drug-likeness (QED) is 0.734. The molecule has 0 aromatic carbocycles. The van der Waals surface area contributed by atoms with E-state index in [1.807, 2.05) is 13.2 Å². The van der Waals surface area contributed by atoms with Gasteiger partial charge >= 0.3 is 6.03 Å². The third-order valence-corrected chi connectivity index (χ3v) is 5.05.